The Hall–Kier alpha value is -1.32. The zero-order valence-corrected chi connectivity index (χ0v) is 13.2. The highest BCUT2D eigenvalue weighted by Gasteiger charge is 2.34. The second-order valence-corrected chi connectivity index (χ2v) is 5.53. The molecule has 0 saturated heterocycles. The summed E-state index contributed by atoms with van der Waals surface area (Å²) < 4.78 is 0. The molecular weight excluding hydrogens is 284 g/mol. The van der Waals surface area contributed by atoms with Crippen molar-refractivity contribution in [1.29, 1.82) is 0 Å². The molecule has 21 heavy (non-hydrogen) atoms. The summed E-state index contributed by atoms with van der Waals surface area (Å²) in [6, 6.07) is 10.1. The van der Waals surface area contributed by atoms with Gasteiger partial charge in [-0.3, -0.25) is 4.79 Å². The summed E-state index contributed by atoms with van der Waals surface area (Å²) in [5.74, 6) is 0.691. The maximum atomic E-state index is 12.7. The summed E-state index contributed by atoms with van der Waals surface area (Å²) in [4.78, 5) is 14.6. The summed E-state index contributed by atoms with van der Waals surface area (Å²) in [6.07, 6.45) is 4.97. The van der Waals surface area contributed by atoms with Crippen LogP contribution in [0.2, 0.25) is 0 Å². The molecule has 0 aromatic heterocycles. The van der Waals surface area contributed by atoms with Crippen LogP contribution in [-0.2, 0) is 11.3 Å². The Bertz CT molecular complexity index is 449. The molecule has 0 bridgehead atoms. The summed E-state index contributed by atoms with van der Waals surface area (Å²) in [5.41, 5.74) is 6.96. The van der Waals surface area contributed by atoms with E-state index >= 15 is 0 Å². The molecule has 4 heteroatoms. The third-order valence-corrected chi connectivity index (χ3v) is 4.16. The second kappa shape index (κ2) is 8.85. The van der Waals surface area contributed by atoms with Crippen LogP contribution in [-0.4, -0.2) is 23.9 Å². The minimum absolute atomic E-state index is 0. The number of rotatable bonds is 6. The second-order valence-electron chi connectivity index (χ2n) is 5.53. The summed E-state index contributed by atoms with van der Waals surface area (Å²) in [7, 11) is 0. The van der Waals surface area contributed by atoms with Gasteiger partial charge in [0.1, 0.15) is 0 Å². The van der Waals surface area contributed by atoms with Gasteiger partial charge in [-0.05, 0) is 30.9 Å². The van der Waals surface area contributed by atoms with E-state index in [1.54, 1.807) is 6.08 Å². The van der Waals surface area contributed by atoms with Crippen molar-refractivity contribution in [3.8, 4) is 0 Å². The van der Waals surface area contributed by atoms with Crippen molar-refractivity contribution in [2.24, 2.45) is 17.6 Å². The normalized spacial score (nSPS) is 20.6. The summed E-state index contributed by atoms with van der Waals surface area (Å²) >= 11 is 0. The van der Waals surface area contributed by atoms with Crippen molar-refractivity contribution in [2.75, 3.05) is 13.1 Å². The van der Waals surface area contributed by atoms with Crippen LogP contribution in [0.4, 0.5) is 0 Å². The highest BCUT2D eigenvalue weighted by molar-refractivity contribution is 5.85. The third kappa shape index (κ3) is 4.58. The van der Waals surface area contributed by atoms with Crippen LogP contribution in [0.15, 0.2) is 43.0 Å². The van der Waals surface area contributed by atoms with Crippen molar-refractivity contribution in [2.45, 2.75) is 25.8 Å². The smallest absolute Gasteiger partial charge is 0.226 e. The molecule has 1 fully saturated rings. The topological polar surface area (TPSA) is 46.3 Å². The maximum Gasteiger partial charge on any atom is 0.226 e. The maximum absolute atomic E-state index is 12.7. The molecule has 2 N–H and O–H groups in total. The number of nitrogens with zero attached hydrogens (tertiary/aromatic N) is 1. The van der Waals surface area contributed by atoms with Crippen LogP contribution < -0.4 is 5.73 Å². The predicted octanol–water partition coefficient (Wildman–Crippen LogP) is 3.00. The summed E-state index contributed by atoms with van der Waals surface area (Å²) in [6.45, 7) is 5.64. The number of carbonyl (C=O) groups excluding carboxylic acids is 1. The molecule has 0 unspecified atom stereocenters. The Labute approximate surface area is 133 Å². The molecule has 1 aliphatic carbocycles. The van der Waals surface area contributed by atoms with Gasteiger partial charge in [-0.15, -0.1) is 19.0 Å². The van der Waals surface area contributed by atoms with Gasteiger partial charge in [0.25, 0.3) is 0 Å². The fourth-order valence-corrected chi connectivity index (χ4v) is 3.07. The first-order valence-corrected chi connectivity index (χ1v) is 7.40. The van der Waals surface area contributed by atoms with Crippen LogP contribution in [0.1, 0.15) is 24.8 Å². The Balaban J connectivity index is 0.00000220. The SMILES string of the molecule is C=CCN(Cc1ccccc1)C(=O)[C@@H]1CCC[C@@H]1CN.Cl. The van der Waals surface area contributed by atoms with Gasteiger partial charge in [0.2, 0.25) is 5.91 Å². The zero-order valence-electron chi connectivity index (χ0n) is 12.4. The standard InChI is InChI=1S/C17H24N2O.ClH/c1-2-11-19(13-14-7-4-3-5-8-14)17(20)16-10-6-9-15(16)12-18;/h2-5,7-8,15-16H,1,6,9-13,18H2;1H/t15-,16-;/m1./s1. The molecule has 3 nitrogen and oxygen atoms in total. The van der Waals surface area contributed by atoms with E-state index in [-0.39, 0.29) is 24.2 Å². The number of nitrogens with two attached hydrogens (primary N) is 1. The quantitative estimate of drug-likeness (QED) is 0.821. The van der Waals surface area contributed by atoms with E-state index in [0.29, 0.717) is 25.6 Å². The van der Waals surface area contributed by atoms with Gasteiger partial charge in [-0.1, -0.05) is 42.8 Å². The highest BCUT2D eigenvalue weighted by Crippen LogP contribution is 2.32. The molecule has 116 valence electrons. The lowest BCUT2D eigenvalue weighted by Crippen LogP contribution is -2.38. The van der Waals surface area contributed by atoms with Gasteiger partial charge >= 0.3 is 0 Å². The summed E-state index contributed by atoms with van der Waals surface area (Å²) in [5, 5.41) is 0. The molecule has 2 atom stereocenters. The minimum atomic E-state index is 0. The zero-order chi connectivity index (χ0) is 14.4. The third-order valence-electron chi connectivity index (χ3n) is 4.16. The monoisotopic (exact) mass is 308 g/mol. The highest BCUT2D eigenvalue weighted by atomic mass is 35.5. The molecular formula is C17H25ClN2O. The number of benzene rings is 1. The van der Waals surface area contributed by atoms with Crippen molar-refractivity contribution in [3.63, 3.8) is 0 Å². The average Bonchev–Trinajstić information content (AvgIpc) is 2.95. The molecule has 1 aliphatic rings. The van der Waals surface area contributed by atoms with Gasteiger partial charge in [0.05, 0.1) is 0 Å². The average molecular weight is 309 g/mol. The van der Waals surface area contributed by atoms with Crippen molar-refractivity contribution in [1.82, 2.24) is 4.90 Å². The van der Waals surface area contributed by atoms with Crippen LogP contribution in [0.25, 0.3) is 0 Å². The van der Waals surface area contributed by atoms with Gasteiger partial charge in [-0.25, -0.2) is 0 Å². The van der Waals surface area contributed by atoms with Gasteiger partial charge in [0, 0.05) is 19.0 Å². The van der Waals surface area contributed by atoms with Gasteiger partial charge < -0.3 is 10.6 Å². The molecule has 1 saturated carbocycles. The van der Waals surface area contributed by atoms with Gasteiger partial charge in [-0.2, -0.15) is 0 Å². The van der Waals surface area contributed by atoms with Crippen LogP contribution in [0.3, 0.4) is 0 Å². The first-order valence-electron chi connectivity index (χ1n) is 7.40. The van der Waals surface area contributed by atoms with E-state index in [1.807, 2.05) is 23.1 Å². The van der Waals surface area contributed by atoms with Crippen molar-refractivity contribution < 1.29 is 4.79 Å². The van der Waals surface area contributed by atoms with Crippen molar-refractivity contribution in [3.05, 3.63) is 48.6 Å². The van der Waals surface area contributed by atoms with E-state index in [2.05, 4.69) is 18.7 Å². The van der Waals surface area contributed by atoms with Crippen LogP contribution >= 0.6 is 12.4 Å². The molecule has 2 rings (SSSR count). The van der Waals surface area contributed by atoms with E-state index in [4.69, 9.17) is 5.73 Å². The number of halogens is 1. The van der Waals surface area contributed by atoms with Crippen LogP contribution in [0, 0.1) is 11.8 Å². The lowest BCUT2D eigenvalue weighted by Gasteiger charge is -2.27. The van der Waals surface area contributed by atoms with E-state index in [9.17, 15) is 4.79 Å². The molecule has 0 spiro atoms. The van der Waals surface area contributed by atoms with Crippen LogP contribution in [0.5, 0.6) is 0 Å². The Morgan fingerprint density at radius 2 is 2.05 bits per heavy atom. The van der Waals surface area contributed by atoms with E-state index in [1.165, 1.54) is 0 Å². The molecule has 0 aliphatic heterocycles. The Kier molecular flexibility index (Phi) is 7.48. The lowest BCUT2D eigenvalue weighted by atomic mass is 9.94. The van der Waals surface area contributed by atoms with E-state index < -0.39 is 0 Å². The molecule has 0 radical (unpaired) electrons. The molecule has 1 amide bonds. The number of hydrogen-bond donors (Lipinski definition) is 1. The molecule has 1 aromatic carbocycles. The number of carbonyl (C=O) groups is 1. The lowest BCUT2D eigenvalue weighted by molar-refractivity contribution is -0.136. The van der Waals surface area contributed by atoms with Gasteiger partial charge in [0.15, 0.2) is 0 Å². The Morgan fingerprint density at radius 3 is 2.67 bits per heavy atom. The van der Waals surface area contributed by atoms with Crippen molar-refractivity contribution >= 4 is 18.3 Å². The Morgan fingerprint density at radius 1 is 1.33 bits per heavy atom. The largest absolute Gasteiger partial charge is 0.334 e. The number of hydrogen-bond acceptors (Lipinski definition) is 2. The number of amides is 1. The fraction of sp³-hybridized carbons (Fsp3) is 0.471. The first-order chi connectivity index (χ1) is 9.76. The molecule has 0 heterocycles. The minimum Gasteiger partial charge on any atom is -0.334 e. The predicted molar refractivity (Wildman–Crippen MR) is 89.2 cm³/mol. The fourth-order valence-electron chi connectivity index (χ4n) is 3.07. The first kappa shape index (κ1) is 17.7. The molecule has 1 aromatic rings. The van der Waals surface area contributed by atoms with E-state index in [0.717, 1.165) is 24.8 Å².